The van der Waals surface area contributed by atoms with E-state index in [1.165, 1.54) is 0 Å². The third kappa shape index (κ3) is 4.11. The third-order valence-electron chi connectivity index (χ3n) is 3.80. The summed E-state index contributed by atoms with van der Waals surface area (Å²) in [5.41, 5.74) is 0.821. The molecule has 0 saturated carbocycles. The van der Waals surface area contributed by atoms with Crippen molar-refractivity contribution in [3.63, 3.8) is 0 Å². The lowest BCUT2D eigenvalue weighted by Gasteiger charge is -2.31. The van der Waals surface area contributed by atoms with Gasteiger partial charge in [-0.15, -0.1) is 0 Å². The van der Waals surface area contributed by atoms with E-state index in [9.17, 15) is 4.79 Å². The van der Waals surface area contributed by atoms with Gasteiger partial charge in [0, 0.05) is 25.3 Å². The summed E-state index contributed by atoms with van der Waals surface area (Å²) in [6.07, 6.45) is 0.903. The molecule has 0 aliphatic carbocycles. The fraction of sp³-hybridized carbons (Fsp3) is 0.562. The molecule has 2 rings (SSSR count). The monoisotopic (exact) mass is 309 g/mol. The van der Waals surface area contributed by atoms with Gasteiger partial charge < -0.3 is 24.3 Å². The fourth-order valence-electron chi connectivity index (χ4n) is 2.54. The standard InChI is InChI=1S/C16H23NO5/c1-19-12-5-4-11(14(9-12)20-2)8-16(18)17-13-6-7-22-10-15(13)21-3/h4-5,9,13,15H,6-8,10H2,1-3H3,(H,17,18)/t13-,15-/m1/s1. The summed E-state index contributed by atoms with van der Waals surface area (Å²) in [5, 5.41) is 3.02. The molecular weight excluding hydrogens is 286 g/mol. The molecule has 122 valence electrons. The van der Waals surface area contributed by atoms with E-state index in [0.29, 0.717) is 24.7 Å². The minimum Gasteiger partial charge on any atom is -0.497 e. The molecule has 22 heavy (non-hydrogen) atoms. The van der Waals surface area contributed by atoms with E-state index in [1.54, 1.807) is 27.4 Å². The van der Waals surface area contributed by atoms with Crippen molar-refractivity contribution in [3.05, 3.63) is 23.8 Å². The molecule has 1 aromatic carbocycles. The molecule has 2 atom stereocenters. The molecule has 6 nitrogen and oxygen atoms in total. The number of methoxy groups -OCH3 is 3. The van der Waals surface area contributed by atoms with E-state index in [1.807, 2.05) is 12.1 Å². The molecule has 1 aromatic rings. The molecule has 1 amide bonds. The van der Waals surface area contributed by atoms with Crippen LogP contribution in [0.3, 0.4) is 0 Å². The molecular formula is C16H23NO5. The van der Waals surface area contributed by atoms with E-state index in [4.69, 9.17) is 18.9 Å². The first-order valence-electron chi connectivity index (χ1n) is 7.28. The number of hydrogen-bond acceptors (Lipinski definition) is 5. The van der Waals surface area contributed by atoms with E-state index in [0.717, 1.165) is 12.0 Å². The summed E-state index contributed by atoms with van der Waals surface area (Å²) in [4.78, 5) is 12.3. The SMILES string of the molecule is COc1ccc(CC(=O)N[C@@H]2CCOC[C@H]2OC)c(OC)c1. The summed E-state index contributed by atoms with van der Waals surface area (Å²) in [6.45, 7) is 1.14. The number of benzene rings is 1. The molecule has 1 fully saturated rings. The van der Waals surface area contributed by atoms with Crippen LogP contribution >= 0.6 is 0 Å². The Morgan fingerprint density at radius 1 is 1.32 bits per heavy atom. The molecule has 0 bridgehead atoms. The number of carbonyl (C=O) groups excluding carboxylic acids is 1. The Balaban J connectivity index is 1.99. The zero-order valence-corrected chi connectivity index (χ0v) is 13.3. The van der Waals surface area contributed by atoms with Crippen LogP contribution in [0, 0.1) is 0 Å². The van der Waals surface area contributed by atoms with Crippen molar-refractivity contribution in [2.45, 2.75) is 25.0 Å². The Morgan fingerprint density at radius 3 is 2.82 bits per heavy atom. The van der Waals surface area contributed by atoms with Crippen LogP contribution in [0.4, 0.5) is 0 Å². The summed E-state index contributed by atoms with van der Waals surface area (Å²) in [7, 11) is 4.80. The predicted octanol–water partition coefficient (Wildman–Crippen LogP) is 1.17. The Morgan fingerprint density at radius 2 is 2.14 bits per heavy atom. The van der Waals surface area contributed by atoms with Crippen LogP contribution in [0.2, 0.25) is 0 Å². The van der Waals surface area contributed by atoms with Gasteiger partial charge in [0.05, 0.1) is 33.3 Å². The lowest BCUT2D eigenvalue weighted by Crippen LogP contribution is -2.50. The molecule has 0 radical (unpaired) electrons. The largest absolute Gasteiger partial charge is 0.497 e. The number of hydrogen-bond donors (Lipinski definition) is 1. The van der Waals surface area contributed by atoms with Gasteiger partial charge in [-0.05, 0) is 12.5 Å². The van der Waals surface area contributed by atoms with Crippen LogP contribution in [0.15, 0.2) is 18.2 Å². The lowest BCUT2D eigenvalue weighted by atomic mass is 10.0. The highest BCUT2D eigenvalue weighted by Gasteiger charge is 2.27. The molecule has 1 heterocycles. The molecule has 1 aliphatic heterocycles. The van der Waals surface area contributed by atoms with E-state index in [-0.39, 0.29) is 24.5 Å². The van der Waals surface area contributed by atoms with E-state index in [2.05, 4.69) is 5.32 Å². The maximum atomic E-state index is 12.3. The second-order valence-corrected chi connectivity index (χ2v) is 5.17. The molecule has 1 aliphatic rings. The van der Waals surface area contributed by atoms with E-state index >= 15 is 0 Å². The van der Waals surface area contributed by atoms with Crippen molar-refractivity contribution >= 4 is 5.91 Å². The van der Waals surface area contributed by atoms with Gasteiger partial charge in [-0.2, -0.15) is 0 Å². The fourth-order valence-corrected chi connectivity index (χ4v) is 2.54. The van der Waals surface area contributed by atoms with Crippen molar-refractivity contribution in [2.75, 3.05) is 34.5 Å². The van der Waals surface area contributed by atoms with Crippen LogP contribution in [-0.4, -0.2) is 52.6 Å². The number of amides is 1. The molecule has 0 spiro atoms. The molecule has 0 aromatic heterocycles. The smallest absolute Gasteiger partial charge is 0.224 e. The van der Waals surface area contributed by atoms with Crippen LogP contribution < -0.4 is 14.8 Å². The molecule has 1 N–H and O–H groups in total. The molecule has 1 saturated heterocycles. The van der Waals surface area contributed by atoms with Crippen molar-refractivity contribution in [2.24, 2.45) is 0 Å². The number of ether oxygens (including phenoxy) is 4. The topological polar surface area (TPSA) is 66.0 Å². The Kier molecular flexibility index (Phi) is 6.03. The second-order valence-electron chi connectivity index (χ2n) is 5.17. The minimum absolute atomic E-state index is 0.0181. The van der Waals surface area contributed by atoms with Crippen molar-refractivity contribution in [1.29, 1.82) is 0 Å². The first kappa shape index (κ1) is 16.6. The first-order valence-corrected chi connectivity index (χ1v) is 7.28. The first-order chi connectivity index (χ1) is 10.7. The van der Waals surface area contributed by atoms with Crippen molar-refractivity contribution in [3.8, 4) is 11.5 Å². The zero-order valence-electron chi connectivity index (χ0n) is 13.3. The minimum atomic E-state index is -0.101. The van der Waals surface area contributed by atoms with Crippen LogP contribution in [0.5, 0.6) is 11.5 Å². The average Bonchev–Trinajstić information content (AvgIpc) is 2.55. The molecule has 6 heteroatoms. The molecule has 0 unspecified atom stereocenters. The second kappa shape index (κ2) is 8.00. The summed E-state index contributed by atoms with van der Waals surface area (Å²) in [6, 6.07) is 5.41. The van der Waals surface area contributed by atoms with Gasteiger partial charge in [-0.3, -0.25) is 4.79 Å². The van der Waals surface area contributed by atoms with Crippen molar-refractivity contribution in [1.82, 2.24) is 5.32 Å². The van der Waals surface area contributed by atoms with Gasteiger partial charge in [0.15, 0.2) is 0 Å². The van der Waals surface area contributed by atoms with Crippen LogP contribution in [0.1, 0.15) is 12.0 Å². The Bertz CT molecular complexity index is 505. The number of nitrogens with one attached hydrogen (secondary N) is 1. The highest BCUT2D eigenvalue weighted by Crippen LogP contribution is 2.25. The van der Waals surface area contributed by atoms with Crippen molar-refractivity contribution < 1.29 is 23.7 Å². The average molecular weight is 309 g/mol. The van der Waals surface area contributed by atoms with E-state index < -0.39 is 0 Å². The van der Waals surface area contributed by atoms with Gasteiger partial charge in [-0.25, -0.2) is 0 Å². The summed E-state index contributed by atoms with van der Waals surface area (Å²) >= 11 is 0. The highest BCUT2D eigenvalue weighted by molar-refractivity contribution is 5.79. The third-order valence-corrected chi connectivity index (χ3v) is 3.80. The Labute approximate surface area is 130 Å². The number of carbonyl (C=O) groups is 1. The van der Waals surface area contributed by atoms with Crippen LogP contribution in [-0.2, 0) is 20.7 Å². The van der Waals surface area contributed by atoms with Crippen LogP contribution in [0.25, 0.3) is 0 Å². The maximum absolute atomic E-state index is 12.3. The highest BCUT2D eigenvalue weighted by atomic mass is 16.5. The van der Waals surface area contributed by atoms with Gasteiger partial charge in [0.2, 0.25) is 5.91 Å². The summed E-state index contributed by atoms with van der Waals surface area (Å²) in [5.74, 6) is 1.28. The normalized spacial score (nSPS) is 21.2. The van der Waals surface area contributed by atoms with Gasteiger partial charge in [-0.1, -0.05) is 6.07 Å². The zero-order chi connectivity index (χ0) is 15.9. The quantitative estimate of drug-likeness (QED) is 0.854. The van der Waals surface area contributed by atoms with Gasteiger partial charge in [0.1, 0.15) is 17.6 Å². The predicted molar refractivity (Wildman–Crippen MR) is 81.4 cm³/mol. The lowest BCUT2D eigenvalue weighted by molar-refractivity contribution is -0.124. The summed E-state index contributed by atoms with van der Waals surface area (Å²) < 4.78 is 21.2. The maximum Gasteiger partial charge on any atom is 0.224 e. The van der Waals surface area contributed by atoms with Gasteiger partial charge >= 0.3 is 0 Å². The Hall–Kier alpha value is -1.79. The van der Waals surface area contributed by atoms with Gasteiger partial charge in [0.25, 0.3) is 0 Å². The number of rotatable bonds is 6.